The molecule has 0 radical (unpaired) electrons. The molecule has 0 aromatic heterocycles. The predicted molar refractivity (Wildman–Crippen MR) is 82.3 cm³/mol. The molecule has 1 amide bonds. The van der Waals surface area contributed by atoms with Gasteiger partial charge in [-0.15, -0.1) is 11.8 Å². The molecule has 1 atom stereocenters. The van der Waals surface area contributed by atoms with Gasteiger partial charge in [0, 0.05) is 4.90 Å². The summed E-state index contributed by atoms with van der Waals surface area (Å²) in [7, 11) is 0. The summed E-state index contributed by atoms with van der Waals surface area (Å²) in [6.07, 6.45) is 2.61. The van der Waals surface area contributed by atoms with Crippen molar-refractivity contribution >= 4 is 17.7 Å². The van der Waals surface area contributed by atoms with E-state index in [1.54, 1.807) is 6.92 Å². The second-order valence-corrected chi connectivity index (χ2v) is 6.49. The van der Waals surface area contributed by atoms with Gasteiger partial charge in [-0.3, -0.25) is 4.79 Å². The average molecular weight is 280 g/mol. The lowest BCUT2D eigenvalue weighted by atomic mass is 9.96. The lowest BCUT2D eigenvalue weighted by Crippen LogP contribution is -2.49. The minimum absolute atomic E-state index is 0.422. The maximum Gasteiger partial charge on any atom is 0.237 e. The molecule has 1 aromatic carbocycles. The van der Waals surface area contributed by atoms with Crippen LogP contribution in [0.3, 0.4) is 0 Å². The van der Waals surface area contributed by atoms with E-state index in [4.69, 9.17) is 11.5 Å². The Morgan fingerprint density at radius 3 is 2.63 bits per heavy atom. The number of primary amides is 1. The highest BCUT2D eigenvalue weighted by molar-refractivity contribution is 7.99. The number of benzene rings is 1. The Bertz CT molecular complexity index is 444. The van der Waals surface area contributed by atoms with Gasteiger partial charge in [-0.05, 0) is 51.0 Å². The number of carbonyl (C=O) groups excluding carboxylic acids is 1. The van der Waals surface area contributed by atoms with Crippen LogP contribution in [-0.4, -0.2) is 17.2 Å². The van der Waals surface area contributed by atoms with Crippen LogP contribution in [0.1, 0.15) is 37.3 Å². The van der Waals surface area contributed by atoms with Gasteiger partial charge < -0.3 is 11.5 Å². The van der Waals surface area contributed by atoms with Crippen molar-refractivity contribution in [1.82, 2.24) is 0 Å². The Morgan fingerprint density at radius 1 is 1.32 bits per heavy atom. The maximum absolute atomic E-state index is 11.1. The summed E-state index contributed by atoms with van der Waals surface area (Å²) in [4.78, 5) is 12.4. The highest BCUT2D eigenvalue weighted by atomic mass is 32.2. The minimum atomic E-state index is -0.871. The van der Waals surface area contributed by atoms with Crippen LogP contribution >= 0.6 is 11.8 Å². The van der Waals surface area contributed by atoms with Gasteiger partial charge in [0.05, 0.1) is 5.54 Å². The maximum atomic E-state index is 11.1. The van der Waals surface area contributed by atoms with Crippen molar-refractivity contribution in [1.29, 1.82) is 0 Å². The van der Waals surface area contributed by atoms with Crippen LogP contribution < -0.4 is 11.5 Å². The highest BCUT2D eigenvalue weighted by Crippen LogP contribution is 2.25. The largest absolute Gasteiger partial charge is 0.368 e. The molecule has 0 aliphatic heterocycles. The molecule has 1 aromatic rings. The fourth-order valence-corrected chi connectivity index (χ4v) is 2.90. The molecule has 0 saturated carbocycles. The summed E-state index contributed by atoms with van der Waals surface area (Å²) < 4.78 is 0. The first-order valence-electron chi connectivity index (χ1n) is 6.62. The van der Waals surface area contributed by atoms with E-state index in [0.29, 0.717) is 6.42 Å². The number of hydrogen-bond donors (Lipinski definition) is 2. The number of hydrogen-bond acceptors (Lipinski definition) is 3. The second kappa shape index (κ2) is 6.96. The first-order valence-corrected chi connectivity index (χ1v) is 7.60. The molecule has 0 aliphatic rings. The molecule has 19 heavy (non-hydrogen) atoms. The van der Waals surface area contributed by atoms with E-state index in [-0.39, 0.29) is 0 Å². The number of carbonyl (C=O) groups is 1. The Balaban J connectivity index is 2.32. The van der Waals surface area contributed by atoms with Crippen LogP contribution in [0.4, 0.5) is 0 Å². The topological polar surface area (TPSA) is 69.1 Å². The molecule has 4 N–H and O–H groups in total. The lowest BCUT2D eigenvalue weighted by molar-refractivity contribution is -0.122. The van der Waals surface area contributed by atoms with Crippen molar-refractivity contribution in [3.63, 3.8) is 0 Å². The van der Waals surface area contributed by atoms with E-state index < -0.39 is 11.4 Å². The summed E-state index contributed by atoms with van der Waals surface area (Å²) in [6.45, 7) is 5.94. The zero-order valence-electron chi connectivity index (χ0n) is 12.0. The third-order valence-corrected chi connectivity index (χ3v) is 4.50. The zero-order valence-corrected chi connectivity index (χ0v) is 12.8. The fraction of sp³-hybridized carbons (Fsp3) is 0.533. The van der Waals surface area contributed by atoms with Crippen molar-refractivity contribution in [2.45, 2.75) is 50.5 Å². The molecule has 0 saturated heterocycles. The van der Waals surface area contributed by atoms with Crippen LogP contribution in [0.25, 0.3) is 0 Å². The summed E-state index contributed by atoms with van der Waals surface area (Å²) in [5.41, 5.74) is 12.8. The minimum Gasteiger partial charge on any atom is -0.368 e. The third kappa shape index (κ3) is 5.25. The van der Waals surface area contributed by atoms with Gasteiger partial charge >= 0.3 is 0 Å². The van der Waals surface area contributed by atoms with Gasteiger partial charge in [0.15, 0.2) is 0 Å². The van der Waals surface area contributed by atoms with Gasteiger partial charge in [-0.25, -0.2) is 0 Å². The molecule has 0 bridgehead atoms. The molecule has 1 rings (SSSR count). The molecule has 1 unspecified atom stereocenters. The normalized spacial score (nSPS) is 14.1. The van der Waals surface area contributed by atoms with E-state index >= 15 is 0 Å². The standard InChI is InChI=1S/C15H24N2OS/c1-11-6-7-12(2)13(10-11)19-9-5-4-8-15(3,17)14(16)18/h6-7,10H,4-5,8-9,17H2,1-3H3,(H2,16,18). The SMILES string of the molecule is Cc1ccc(C)c(SCCCCC(C)(N)C(N)=O)c1. The third-order valence-electron chi connectivity index (χ3n) is 3.25. The quantitative estimate of drug-likeness (QED) is 0.596. The number of unbranched alkanes of at least 4 members (excludes halogenated alkanes) is 1. The van der Waals surface area contributed by atoms with E-state index in [1.165, 1.54) is 16.0 Å². The van der Waals surface area contributed by atoms with E-state index in [1.807, 2.05) is 11.8 Å². The molecular formula is C15H24N2OS. The summed E-state index contributed by atoms with van der Waals surface area (Å²) in [5.74, 6) is 0.619. The van der Waals surface area contributed by atoms with Crippen LogP contribution in [0.15, 0.2) is 23.1 Å². The summed E-state index contributed by atoms with van der Waals surface area (Å²) in [6, 6.07) is 6.50. The van der Waals surface area contributed by atoms with Gasteiger partial charge in [0.2, 0.25) is 5.91 Å². The number of amides is 1. The first kappa shape index (κ1) is 16.1. The van der Waals surface area contributed by atoms with Crippen LogP contribution in [0.5, 0.6) is 0 Å². The van der Waals surface area contributed by atoms with Crippen molar-refractivity contribution in [2.75, 3.05) is 5.75 Å². The van der Waals surface area contributed by atoms with Gasteiger partial charge in [-0.1, -0.05) is 24.1 Å². The fourth-order valence-electron chi connectivity index (χ4n) is 1.76. The van der Waals surface area contributed by atoms with E-state index in [0.717, 1.165) is 18.6 Å². The average Bonchev–Trinajstić information content (AvgIpc) is 2.32. The lowest BCUT2D eigenvalue weighted by Gasteiger charge is -2.19. The molecular weight excluding hydrogens is 256 g/mol. The summed E-state index contributed by atoms with van der Waals surface area (Å²) >= 11 is 1.86. The molecule has 4 heteroatoms. The predicted octanol–water partition coefficient (Wildman–Crippen LogP) is 2.77. The van der Waals surface area contributed by atoms with Crippen molar-refractivity contribution < 1.29 is 4.79 Å². The molecule has 106 valence electrons. The van der Waals surface area contributed by atoms with Crippen LogP contribution in [-0.2, 0) is 4.79 Å². The Labute approximate surface area is 120 Å². The van der Waals surface area contributed by atoms with Crippen LogP contribution in [0.2, 0.25) is 0 Å². The molecule has 0 fully saturated rings. The Hall–Kier alpha value is -1.00. The van der Waals surface area contributed by atoms with Crippen molar-refractivity contribution in [3.05, 3.63) is 29.3 Å². The van der Waals surface area contributed by atoms with Crippen LogP contribution in [0, 0.1) is 13.8 Å². The number of rotatable bonds is 7. The van der Waals surface area contributed by atoms with Crippen molar-refractivity contribution in [2.24, 2.45) is 11.5 Å². The Kier molecular flexibility index (Phi) is 5.88. The highest BCUT2D eigenvalue weighted by Gasteiger charge is 2.24. The van der Waals surface area contributed by atoms with Gasteiger partial charge in [0.1, 0.15) is 0 Å². The zero-order chi connectivity index (χ0) is 14.5. The number of aryl methyl sites for hydroxylation is 2. The second-order valence-electron chi connectivity index (χ2n) is 5.36. The Morgan fingerprint density at radius 2 is 2.00 bits per heavy atom. The monoisotopic (exact) mass is 280 g/mol. The molecule has 0 spiro atoms. The molecule has 0 aliphatic carbocycles. The van der Waals surface area contributed by atoms with E-state index in [2.05, 4.69) is 32.0 Å². The van der Waals surface area contributed by atoms with Gasteiger partial charge in [0.25, 0.3) is 0 Å². The van der Waals surface area contributed by atoms with E-state index in [9.17, 15) is 4.79 Å². The molecule has 0 heterocycles. The number of thioether (sulfide) groups is 1. The number of nitrogens with two attached hydrogens (primary N) is 2. The van der Waals surface area contributed by atoms with Crippen molar-refractivity contribution in [3.8, 4) is 0 Å². The first-order chi connectivity index (χ1) is 8.83. The van der Waals surface area contributed by atoms with Gasteiger partial charge in [-0.2, -0.15) is 0 Å². The molecule has 3 nitrogen and oxygen atoms in total. The summed E-state index contributed by atoms with van der Waals surface area (Å²) in [5, 5.41) is 0. The smallest absolute Gasteiger partial charge is 0.237 e.